The Kier molecular flexibility index (Phi) is 7.35. The molecule has 1 unspecified atom stereocenters. The number of nitrogens with zero attached hydrogens (tertiary/aromatic N) is 3. The average molecular weight is 515 g/mol. The molecule has 2 aromatic carbocycles. The summed E-state index contributed by atoms with van der Waals surface area (Å²) in [4.78, 5) is 12.2. The summed E-state index contributed by atoms with van der Waals surface area (Å²) >= 11 is 1.54. The lowest BCUT2D eigenvalue weighted by molar-refractivity contribution is 0.102. The standard InChI is InChI=1S/C26H25F3N4O2S/c27-17-3-1-16(2-4-17)21-14-36-26-24(21)25(31-15-32-26)33-9-7-18(8-10-33)30-12-19(34)13-35-20-5-6-22(28)23(29)11-20/h1-6,11,14-15,18-19,30,34H,7-10,12-13H2. The van der Waals surface area contributed by atoms with E-state index in [0.717, 1.165) is 65.2 Å². The van der Waals surface area contributed by atoms with Crippen LogP contribution in [0.2, 0.25) is 0 Å². The molecule has 0 amide bonds. The van der Waals surface area contributed by atoms with Gasteiger partial charge in [-0.25, -0.2) is 23.1 Å². The second-order valence-electron chi connectivity index (χ2n) is 8.74. The number of halogens is 3. The SMILES string of the molecule is OC(CNC1CCN(c2ncnc3scc(-c4ccc(F)cc4)c23)CC1)COc1ccc(F)c(F)c1. The number of rotatable bonds is 8. The zero-order valence-corrected chi connectivity index (χ0v) is 20.1. The van der Waals surface area contributed by atoms with Gasteiger partial charge in [0, 0.05) is 42.7 Å². The minimum atomic E-state index is -0.986. The number of piperidine rings is 1. The largest absolute Gasteiger partial charge is 0.491 e. The van der Waals surface area contributed by atoms with Gasteiger partial charge in [0.2, 0.25) is 0 Å². The molecule has 0 bridgehead atoms. The quantitative estimate of drug-likeness (QED) is 0.353. The molecule has 2 aromatic heterocycles. The number of thiophene rings is 1. The lowest BCUT2D eigenvalue weighted by Gasteiger charge is -2.34. The van der Waals surface area contributed by atoms with Crippen LogP contribution in [0.25, 0.3) is 21.3 Å². The number of ether oxygens (including phenoxy) is 1. The first-order valence-corrected chi connectivity index (χ1v) is 12.6. The molecular weight excluding hydrogens is 489 g/mol. The highest BCUT2D eigenvalue weighted by molar-refractivity contribution is 7.17. The summed E-state index contributed by atoms with van der Waals surface area (Å²) in [5, 5.41) is 16.6. The highest BCUT2D eigenvalue weighted by atomic mass is 32.1. The van der Waals surface area contributed by atoms with E-state index in [0.29, 0.717) is 6.54 Å². The van der Waals surface area contributed by atoms with Crippen molar-refractivity contribution in [3.8, 4) is 16.9 Å². The summed E-state index contributed by atoms with van der Waals surface area (Å²) in [5.41, 5.74) is 1.92. The van der Waals surface area contributed by atoms with Crippen molar-refractivity contribution in [2.24, 2.45) is 0 Å². The van der Waals surface area contributed by atoms with Crippen LogP contribution in [0.5, 0.6) is 5.75 Å². The predicted octanol–water partition coefficient (Wildman–Crippen LogP) is 4.77. The van der Waals surface area contributed by atoms with Crippen LogP contribution >= 0.6 is 11.3 Å². The van der Waals surface area contributed by atoms with Crippen LogP contribution in [-0.2, 0) is 0 Å². The Morgan fingerprint density at radius 3 is 2.58 bits per heavy atom. The first-order chi connectivity index (χ1) is 17.5. The summed E-state index contributed by atoms with van der Waals surface area (Å²) in [6.45, 7) is 1.86. The van der Waals surface area contributed by atoms with E-state index in [-0.39, 0.29) is 24.2 Å². The molecule has 188 valence electrons. The Morgan fingerprint density at radius 1 is 1.06 bits per heavy atom. The highest BCUT2D eigenvalue weighted by Gasteiger charge is 2.24. The fourth-order valence-electron chi connectivity index (χ4n) is 4.36. The van der Waals surface area contributed by atoms with Gasteiger partial charge in [-0.15, -0.1) is 11.3 Å². The molecule has 5 rings (SSSR count). The molecular formula is C26H25F3N4O2S. The van der Waals surface area contributed by atoms with Crippen molar-refractivity contribution in [3.05, 3.63) is 71.6 Å². The number of aromatic nitrogens is 2. The van der Waals surface area contributed by atoms with Gasteiger partial charge in [0.15, 0.2) is 11.6 Å². The molecule has 0 spiro atoms. The van der Waals surface area contributed by atoms with Gasteiger partial charge in [-0.3, -0.25) is 0 Å². The molecule has 36 heavy (non-hydrogen) atoms. The van der Waals surface area contributed by atoms with Crippen LogP contribution in [-0.4, -0.2) is 53.5 Å². The number of aliphatic hydroxyl groups excluding tert-OH is 1. The number of aliphatic hydroxyl groups is 1. The van der Waals surface area contributed by atoms with Gasteiger partial charge in [0.1, 0.15) is 41.3 Å². The predicted molar refractivity (Wildman–Crippen MR) is 134 cm³/mol. The lowest BCUT2D eigenvalue weighted by atomic mass is 10.0. The third-order valence-corrected chi connectivity index (χ3v) is 7.16. The molecule has 1 aliphatic rings. The summed E-state index contributed by atoms with van der Waals surface area (Å²) in [6, 6.07) is 9.95. The molecule has 3 heterocycles. The average Bonchev–Trinajstić information content (AvgIpc) is 3.33. The number of hydrogen-bond acceptors (Lipinski definition) is 7. The third-order valence-electron chi connectivity index (χ3n) is 6.28. The Balaban J connectivity index is 1.17. The van der Waals surface area contributed by atoms with Crippen molar-refractivity contribution in [1.29, 1.82) is 0 Å². The van der Waals surface area contributed by atoms with E-state index >= 15 is 0 Å². The van der Waals surface area contributed by atoms with E-state index in [1.165, 1.54) is 18.2 Å². The molecule has 0 radical (unpaired) electrons. The molecule has 1 saturated heterocycles. The fraction of sp³-hybridized carbons (Fsp3) is 0.308. The van der Waals surface area contributed by atoms with Crippen LogP contribution < -0.4 is 15.0 Å². The molecule has 2 N–H and O–H groups in total. The van der Waals surface area contributed by atoms with E-state index in [2.05, 4.69) is 20.2 Å². The molecule has 6 nitrogen and oxygen atoms in total. The summed E-state index contributed by atoms with van der Waals surface area (Å²) in [6.07, 6.45) is 2.51. The second-order valence-corrected chi connectivity index (χ2v) is 9.60. The molecule has 0 aliphatic carbocycles. The molecule has 10 heteroatoms. The van der Waals surface area contributed by atoms with Crippen LogP contribution in [0, 0.1) is 17.5 Å². The zero-order chi connectivity index (χ0) is 25.1. The van der Waals surface area contributed by atoms with Crippen LogP contribution in [0.15, 0.2) is 54.2 Å². The van der Waals surface area contributed by atoms with E-state index in [1.54, 1.807) is 29.8 Å². The van der Waals surface area contributed by atoms with E-state index in [4.69, 9.17) is 4.74 Å². The highest BCUT2D eigenvalue weighted by Crippen LogP contribution is 2.38. The van der Waals surface area contributed by atoms with Crippen molar-refractivity contribution >= 4 is 27.4 Å². The minimum Gasteiger partial charge on any atom is -0.491 e. The Labute approximate surface area is 210 Å². The first kappa shape index (κ1) is 24.5. The number of hydrogen-bond donors (Lipinski definition) is 2. The molecule has 0 saturated carbocycles. The molecule has 1 aliphatic heterocycles. The maximum absolute atomic E-state index is 13.4. The van der Waals surface area contributed by atoms with Crippen molar-refractivity contribution in [1.82, 2.24) is 15.3 Å². The maximum Gasteiger partial charge on any atom is 0.162 e. The molecule has 1 fully saturated rings. The minimum absolute atomic E-state index is 0.0276. The van der Waals surface area contributed by atoms with Crippen molar-refractivity contribution in [2.75, 3.05) is 31.1 Å². The van der Waals surface area contributed by atoms with Gasteiger partial charge in [0.05, 0.1) is 5.39 Å². The van der Waals surface area contributed by atoms with Crippen molar-refractivity contribution in [3.63, 3.8) is 0 Å². The van der Waals surface area contributed by atoms with Crippen LogP contribution in [0.4, 0.5) is 19.0 Å². The number of nitrogens with one attached hydrogen (secondary N) is 1. The zero-order valence-electron chi connectivity index (χ0n) is 19.3. The second kappa shape index (κ2) is 10.8. The molecule has 4 aromatic rings. The third kappa shape index (κ3) is 5.45. The van der Waals surface area contributed by atoms with E-state index in [9.17, 15) is 18.3 Å². The lowest BCUT2D eigenvalue weighted by Crippen LogP contribution is -2.45. The topological polar surface area (TPSA) is 70.5 Å². The summed E-state index contributed by atoms with van der Waals surface area (Å²) in [7, 11) is 0. The van der Waals surface area contributed by atoms with Crippen LogP contribution in [0.1, 0.15) is 12.8 Å². The van der Waals surface area contributed by atoms with E-state index in [1.807, 2.05) is 5.38 Å². The summed E-state index contributed by atoms with van der Waals surface area (Å²) in [5.74, 6) is -1.15. The number of fused-ring (bicyclic) bond motifs is 1. The monoisotopic (exact) mass is 514 g/mol. The smallest absolute Gasteiger partial charge is 0.162 e. The van der Waals surface area contributed by atoms with Gasteiger partial charge < -0.3 is 20.1 Å². The summed E-state index contributed by atoms with van der Waals surface area (Å²) < 4.78 is 45.1. The first-order valence-electron chi connectivity index (χ1n) is 11.7. The fourth-order valence-corrected chi connectivity index (χ4v) is 5.27. The van der Waals surface area contributed by atoms with Gasteiger partial charge in [-0.1, -0.05) is 12.1 Å². The van der Waals surface area contributed by atoms with Crippen LogP contribution in [0.3, 0.4) is 0 Å². The van der Waals surface area contributed by atoms with Gasteiger partial charge in [-0.05, 0) is 42.7 Å². The van der Waals surface area contributed by atoms with Crippen molar-refractivity contribution < 1.29 is 23.0 Å². The van der Waals surface area contributed by atoms with Gasteiger partial charge in [0.25, 0.3) is 0 Å². The van der Waals surface area contributed by atoms with Crippen molar-refractivity contribution in [2.45, 2.75) is 25.0 Å². The number of anilines is 1. The number of benzene rings is 2. The van der Waals surface area contributed by atoms with E-state index < -0.39 is 17.7 Å². The molecule has 1 atom stereocenters. The van der Waals surface area contributed by atoms with Gasteiger partial charge in [-0.2, -0.15) is 0 Å². The normalized spacial score (nSPS) is 15.4. The Morgan fingerprint density at radius 2 is 1.83 bits per heavy atom. The Bertz CT molecular complexity index is 1330. The van der Waals surface area contributed by atoms with Gasteiger partial charge >= 0.3 is 0 Å². The maximum atomic E-state index is 13.4. The Hall–Kier alpha value is -3.21.